The zero-order valence-electron chi connectivity index (χ0n) is 20.3. The first-order valence-electron chi connectivity index (χ1n) is 11.8. The zero-order valence-corrected chi connectivity index (χ0v) is 21.0. The predicted molar refractivity (Wildman–Crippen MR) is 130 cm³/mol. The third-order valence-electron chi connectivity index (χ3n) is 7.58. The van der Waals surface area contributed by atoms with Crippen molar-refractivity contribution in [3.8, 4) is 11.5 Å². The van der Waals surface area contributed by atoms with Crippen molar-refractivity contribution in [2.24, 2.45) is 0 Å². The number of carbonyl (C=O) groups is 1. The fraction of sp³-hybridized carbons (Fsp3) is 0.500. The van der Waals surface area contributed by atoms with Gasteiger partial charge in [0.1, 0.15) is 17.6 Å². The lowest BCUT2D eigenvalue weighted by Gasteiger charge is -2.32. The molecule has 0 bridgehead atoms. The number of benzene rings is 2. The number of esters is 1. The summed E-state index contributed by atoms with van der Waals surface area (Å²) in [4.78, 5) is 11.7. The van der Waals surface area contributed by atoms with Crippen LogP contribution in [0.2, 0.25) is 5.02 Å². The SMILES string of the molecule is COC(=O)CC1COc2cc(O[C@@H]3CCc4c(B5OC(C)(C)C(C)(C)O5)cc(Cl)cc43)ccc21. The summed E-state index contributed by atoms with van der Waals surface area (Å²) in [5, 5.41) is 0.641. The van der Waals surface area contributed by atoms with Crippen LogP contribution in [0.5, 0.6) is 11.5 Å². The fourth-order valence-electron chi connectivity index (χ4n) is 4.94. The Morgan fingerprint density at radius 2 is 1.85 bits per heavy atom. The van der Waals surface area contributed by atoms with Crippen LogP contribution in [0.25, 0.3) is 0 Å². The number of fused-ring (bicyclic) bond motifs is 2. The Labute approximate surface area is 206 Å². The highest BCUT2D eigenvalue weighted by Gasteiger charge is 2.52. The summed E-state index contributed by atoms with van der Waals surface area (Å²) in [6, 6.07) is 9.77. The van der Waals surface area contributed by atoms with Crippen LogP contribution in [0.1, 0.15) is 69.2 Å². The molecule has 0 N–H and O–H groups in total. The van der Waals surface area contributed by atoms with E-state index >= 15 is 0 Å². The molecule has 0 saturated carbocycles. The maximum atomic E-state index is 11.7. The van der Waals surface area contributed by atoms with E-state index in [0.717, 1.165) is 40.9 Å². The summed E-state index contributed by atoms with van der Waals surface area (Å²) in [5.41, 5.74) is 3.41. The largest absolute Gasteiger partial charge is 0.495 e. The molecule has 34 heavy (non-hydrogen) atoms. The number of methoxy groups -OCH3 is 1. The number of halogens is 1. The van der Waals surface area contributed by atoms with Crippen molar-refractivity contribution in [2.45, 2.75) is 70.2 Å². The molecule has 3 aliphatic rings. The topological polar surface area (TPSA) is 63.2 Å². The molecule has 0 amide bonds. The van der Waals surface area contributed by atoms with Gasteiger partial charge in [-0.25, -0.2) is 0 Å². The van der Waals surface area contributed by atoms with E-state index in [4.69, 9.17) is 35.1 Å². The van der Waals surface area contributed by atoms with Gasteiger partial charge in [-0.2, -0.15) is 0 Å². The van der Waals surface area contributed by atoms with Gasteiger partial charge in [0.2, 0.25) is 0 Å². The van der Waals surface area contributed by atoms with Crippen LogP contribution in [0, 0.1) is 0 Å². The number of rotatable bonds is 5. The average Bonchev–Trinajstić information content (AvgIpc) is 3.42. The number of ether oxygens (including phenoxy) is 3. The number of hydrogen-bond donors (Lipinski definition) is 0. The van der Waals surface area contributed by atoms with Crippen molar-refractivity contribution < 1.29 is 28.3 Å². The highest BCUT2D eigenvalue weighted by molar-refractivity contribution is 6.63. The molecule has 2 aromatic rings. The first-order valence-corrected chi connectivity index (χ1v) is 12.1. The Bertz CT molecular complexity index is 1110. The first kappa shape index (κ1) is 23.5. The minimum Gasteiger partial charge on any atom is -0.492 e. The highest BCUT2D eigenvalue weighted by atomic mass is 35.5. The second-order valence-corrected chi connectivity index (χ2v) is 10.7. The van der Waals surface area contributed by atoms with Gasteiger partial charge in [0.25, 0.3) is 0 Å². The van der Waals surface area contributed by atoms with E-state index in [9.17, 15) is 4.79 Å². The van der Waals surface area contributed by atoms with E-state index in [1.165, 1.54) is 12.7 Å². The lowest BCUT2D eigenvalue weighted by molar-refractivity contribution is -0.141. The third-order valence-corrected chi connectivity index (χ3v) is 7.80. The van der Waals surface area contributed by atoms with Crippen LogP contribution in [0.3, 0.4) is 0 Å². The molecular formula is C26H30BClO6. The lowest BCUT2D eigenvalue weighted by Crippen LogP contribution is -2.41. The molecule has 8 heteroatoms. The Morgan fingerprint density at radius 3 is 2.56 bits per heavy atom. The van der Waals surface area contributed by atoms with Crippen molar-refractivity contribution in [1.82, 2.24) is 0 Å². The second kappa shape index (κ2) is 8.47. The summed E-state index contributed by atoms with van der Waals surface area (Å²) >= 11 is 6.54. The molecule has 5 rings (SSSR count). The van der Waals surface area contributed by atoms with Gasteiger partial charge in [-0.3, -0.25) is 4.79 Å². The van der Waals surface area contributed by atoms with Crippen molar-refractivity contribution in [2.75, 3.05) is 13.7 Å². The van der Waals surface area contributed by atoms with E-state index in [1.54, 1.807) is 0 Å². The number of carbonyl (C=O) groups excluding carboxylic acids is 1. The maximum Gasteiger partial charge on any atom is 0.495 e. The molecule has 2 atom stereocenters. The highest BCUT2D eigenvalue weighted by Crippen LogP contribution is 2.42. The van der Waals surface area contributed by atoms with Gasteiger partial charge in [-0.05, 0) is 75.3 Å². The molecular weight excluding hydrogens is 455 g/mol. The molecule has 0 radical (unpaired) electrons. The molecule has 0 aromatic heterocycles. The Kier molecular flexibility index (Phi) is 5.86. The van der Waals surface area contributed by atoms with Gasteiger partial charge in [-0.1, -0.05) is 17.7 Å². The second-order valence-electron chi connectivity index (χ2n) is 10.3. The summed E-state index contributed by atoms with van der Waals surface area (Å²) in [5.74, 6) is 1.25. The molecule has 1 fully saturated rings. The quantitative estimate of drug-likeness (QED) is 0.451. The van der Waals surface area contributed by atoms with E-state index in [1.807, 2.05) is 30.3 Å². The smallest absolute Gasteiger partial charge is 0.492 e. The maximum absolute atomic E-state index is 11.7. The Morgan fingerprint density at radius 1 is 1.12 bits per heavy atom. The van der Waals surface area contributed by atoms with Crippen LogP contribution in [-0.4, -0.2) is 38.0 Å². The lowest BCUT2D eigenvalue weighted by atomic mass is 9.75. The summed E-state index contributed by atoms with van der Waals surface area (Å²) in [7, 11) is 0.941. The van der Waals surface area contributed by atoms with E-state index < -0.39 is 18.3 Å². The van der Waals surface area contributed by atoms with Crippen molar-refractivity contribution in [1.29, 1.82) is 0 Å². The van der Waals surface area contributed by atoms with Crippen molar-refractivity contribution in [3.63, 3.8) is 0 Å². The van der Waals surface area contributed by atoms with E-state index in [-0.39, 0.29) is 18.0 Å². The van der Waals surface area contributed by atoms with Crippen LogP contribution in [-0.2, 0) is 25.3 Å². The normalized spacial score (nSPS) is 23.9. The van der Waals surface area contributed by atoms with Gasteiger partial charge in [-0.15, -0.1) is 0 Å². The zero-order chi connectivity index (χ0) is 24.3. The average molecular weight is 485 g/mol. The summed E-state index contributed by atoms with van der Waals surface area (Å²) in [6.07, 6.45) is 1.88. The van der Waals surface area contributed by atoms with Crippen LogP contribution < -0.4 is 14.9 Å². The van der Waals surface area contributed by atoms with Gasteiger partial charge in [0, 0.05) is 22.6 Å². The molecule has 180 valence electrons. The monoisotopic (exact) mass is 484 g/mol. The Balaban J connectivity index is 1.37. The van der Waals surface area contributed by atoms with Gasteiger partial charge >= 0.3 is 13.1 Å². The molecule has 2 aliphatic heterocycles. The van der Waals surface area contributed by atoms with E-state index in [2.05, 4.69) is 27.7 Å². The number of hydrogen-bond acceptors (Lipinski definition) is 6. The van der Waals surface area contributed by atoms with Gasteiger partial charge < -0.3 is 23.5 Å². The van der Waals surface area contributed by atoms with Crippen LogP contribution >= 0.6 is 11.6 Å². The fourth-order valence-corrected chi connectivity index (χ4v) is 5.17. The first-order chi connectivity index (χ1) is 16.1. The van der Waals surface area contributed by atoms with Crippen LogP contribution in [0.15, 0.2) is 30.3 Å². The molecule has 2 aromatic carbocycles. The molecule has 2 heterocycles. The molecule has 6 nitrogen and oxygen atoms in total. The molecule has 0 spiro atoms. The van der Waals surface area contributed by atoms with Crippen LogP contribution in [0.4, 0.5) is 0 Å². The predicted octanol–water partition coefficient (Wildman–Crippen LogP) is 4.74. The molecule has 1 unspecified atom stereocenters. The standard InChI is InChI=1S/C26H30BClO6/c1-25(2)26(3,4)34-27(33-25)21-12-16(28)11-20-19(21)8-9-22(20)32-17-6-7-18-15(10-24(29)30-5)14-31-23(18)13-17/h6-7,11-13,15,22H,8-10,14H2,1-5H3/t15?,22-/m1/s1. The van der Waals surface area contributed by atoms with Crippen molar-refractivity contribution in [3.05, 3.63) is 52.0 Å². The minimum atomic E-state index is -0.462. The van der Waals surface area contributed by atoms with E-state index in [0.29, 0.717) is 18.1 Å². The molecule has 1 aliphatic carbocycles. The third kappa shape index (κ3) is 4.08. The molecule has 1 saturated heterocycles. The summed E-state index contributed by atoms with van der Waals surface area (Å²) in [6.45, 7) is 8.67. The van der Waals surface area contributed by atoms with Crippen molar-refractivity contribution >= 4 is 30.2 Å². The summed E-state index contributed by atoms with van der Waals surface area (Å²) < 4.78 is 29.7. The van der Waals surface area contributed by atoms with Gasteiger partial charge in [0.15, 0.2) is 0 Å². The van der Waals surface area contributed by atoms with Gasteiger partial charge in [0.05, 0.1) is 31.3 Å². The Hall–Kier alpha value is -2.22. The minimum absolute atomic E-state index is 0.00462.